The summed E-state index contributed by atoms with van der Waals surface area (Å²) >= 11 is 0. The summed E-state index contributed by atoms with van der Waals surface area (Å²) in [4.78, 5) is 10.4. The fourth-order valence-electron chi connectivity index (χ4n) is 1.48. The molecule has 1 unspecified atom stereocenters. The van der Waals surface area contributed by atoms with Crippen molar-refractivity contribution in [1.29, 1.82) is 0 Å². The second-order valence-electron chi connectivity index (χ2n) is 3.83. The third-order valence-electron chi connectivity index (χ3n) is 2.24. The average Bonchev–Trinajstić information content (AvgIpc) is 2.62. The molecule has 3 N–H and O–H groups in total. The number of nitrogens with zero attached hydrogens (tertiary/aromatic N) is 2. The number of aliphatic carboxylic acids is 1. The van der Waals surface area contributed by atoms with Gasteiger partial charge >= 0.3 is 5.97 Å². The van der Waals surface area contributed by atoms with E-state index in [1.54, 1.807) is 6.20 Å². The summed E-state index contributed by atoms with van der Waals surface area (Å²) in [6.07, 6.45) is 2.22. The smallest absolute Gasteiger partial charge is 0.303 e. The van der Waals surface area contributed by atoms with Crippen molar-refractivity contribution in [2.45, 2.75) is 38.8 Å². The average molecular weight is 211 g/mol. The predicted molar refractivity (Wildman–Crippen MR) is 56.4 cm³/mol. The normalized spacial score (nSPS) is 13.1. The highest BCUT2D eigenvalue weighted by Gasteiger charge is 2.14. The lowest BCUT2D eigenvalue weighted by molar-refractivity contribution is -0.137. The van der Waals surface area contributed by atoms with Crippen LogP contribution in [0.25, 0.3) is 0 Å². The largest absolute Gasteiger partial charge is 0.481 e. The molecule has 1 rings (SSSR count). The first-order valence-corrected chi connectivity index (χ1v) is 5.03. The molecule has 15 heavy (non-hydrogen) atoms. The summed E-state index contributed by atoms with van der Waals surface area (Å²) < 4.78 is 1.83. The molecule has 1 aromatic heterocycles. The molecule has 0 spiro atoms. The first kappa shape index (κ1) is 11.7. The number of carboxylic acids is 1. The van der Waals surface area contributed by atoms with Crippen LogP contribution in [0, 0.1) is 0 Å². The maximum absolute atomic E-state index is 10.4. The Morgan fingerprint density at radius 3 is 2.87 bits per heavy atom. The molecule has 0 aromatic carbocycles. The molecule has 0 aliphatic heterocycles. The van der Waals surface area contributed by atoms with Crippen molar-refractivity contribution in [3.05, 3.63) is 18.0 Å². The number of carbonyl (C=O) groups is 1. The van der Waals surface area contributed by atoms with Crippen molar-refractivity contribution in [1.82, 2.24) is 9.78 Å². The summed E-state index contributed by atoms with van der Waals surface area (Å²) in [5.74, 6) is -0.818. The van der Waals surface area contributed by atoms with Gasteiger partial charge in [-0.2, -0.15) is 5.10 Å². The zero-order valence-corrected chi connectivity index (χ0v) is 9.05. The highest BCUT2D eigenvalue weighted by atomic mass is 16.4. The lowest BCUT2D eigenvalue weighted by Crippen LogP contribution is -2.18. The minimum atomic E-state index is -0.818. The SMILES string of the molecule is CC(C)n1nccc1C(N)CCC(=O)O. The number of nitrogens with two attached hydrogens (primary N) is 1. The molecule has 0 fully saturated rings. The van der Waals surface area contributed by atoms with E-state index in [9.17, 15) is 4.79 Å². The Morgan fingerprint density at radius 1 is 1.67 bits per heavy atom. The van der Waals surface area contributed by atoms with Gasteiger partial charge < -0.3 is 10.8 Å². The maximum atomic E-state index is 10.4. The maximum Gasteiger partial charge on any atom is 0.303 e. The van der Waals surface area contributed by atoms with Crippen LogP contribution in [-0.4, -0.2) is 20.9 Å². The highest BCUT2D eigenvalue weighted by molar-refractivity contribution is 5.66. The number of hydrogen-bond donors (Lipinski definition) is 2. The van der Waals surface area contributed by atoms with E-state index in [1.165, 1.54) is 0 Å². The van der Waals surface area contributed by atoms with Gasteiger partial charge in [-0.3, -0.25) is 9.48 Å². The van der Waals surface area contributed by atoms with Crippen LogP contribution in [0.2, 0.25) is 0 Å². The Balaban J connectivity index is 2.68. The van der Waals surface area contributed by atoms with Gasteiger partial charge in [0.15, 0.2) is 0 Å². The molecule has 5 heteroatoms. The second kappa shape index (κ2) is 4.93. The van der Waals surface area contributed by atoms with Crippen molar-refractivity contribution in [2.24, 2.45) is 5.73 Å². The van der Waals surface area contributed by atoms with E-state index in [0.29, 0.717) is 6.42 Å². The molecule has 1 atom stereocenters. The Kier molecular flexibility index (Phi) is 3.85. The molecule has 84 valence electrons. The van der Waals surface area contributed by atoms with Gasteiger partial charge in [0, 0.05) is 24.7 Å². The van der Waals surface area contributed by atoms with Gasteiger partial charge in [0.05, 0.1) is 5.69 Å². The number of hydrogen-bond acceptors (Lipinski definition) is 3. The summed E-state index contributed by atoms with van der Waals surface area (Å²) in [5, 5.41) is 12.7. The Morgan fingerprint density at radius 2 is 2.33 bits per heavy atom. The molecule has 0 aliphatic rings. The van der Waals surface area contributed by atoms with Crippen LogP contribution in [0.1, 0.15) is 44.5 Å². The van der Waals surface area contributed by atoms with Crippen LogP contribution >= 0.6 is 0 Å². The van der Waals surface area contributed by atoms with Crippen molar-refractivity contribution in [2.75, 3.05) is 0 Å². The lowest BCUT2D eigenvalue weighted by Gasteiger charge is -2.15. The summed E-state index contributed by atoms with van der Waals surface area (Å²) in [5.41, 5.74) is 6.80. The Bertz CT molecular complexity index is 333. The number of carboxylic acid groups (broad SMARTS) is 1. The van der Waals surface area contributed by atoms with Gasteiger partial charge in [-0.05, 0) is 26.3 Å². The van der Waals surface area contributed by atoms with Gasteiger partial charge in [0.1, 0.15) is 0 Å². The molecular formula is C10H17N3O2. The third kappa shape index (κ3) is 3.06. The Hall–Kier alpha value is -1.36. The van der Waals surface area contributed by atoms with Gasteiger partial charge in [-0.1, -0.05) is 0 Å². The van der Waals surface area contributed by atoms with Crippen LogP contribution in [-0.2, 0) is 4.79 Å². The highest BCUT2D eigenvalue weighted by Crippen LogP contribution is 2.18. The van der Waals surface area contributed by atoms with Gasteiger partial charge in [-0.15, -0.1) is 0 Å². The predicted octanol–water partition coefficient (Wildman–Crippen LogP) is 1.33. The van der Waals surface area contributed by atoms with Crippen molar-refractivity contribution < 1.29 is 9.90 Å². The first-order valence-electron chi connectivity index (χ1n) is 5.03. The Labute approximate surface area is 88.9 Å². The summed E-state index contributed by atoms with van der Waals surface area (Å²) in [6, 6.07) is 1.82. The monoisotopic (exact) mass is 211 g/mol. The second-order valence-corrected chi connectivity index (χ2v) is 3.83. The van der Waals surface area contributed by atoms with E-state index in [4.69, 9.17) is 10.8 Å². The quantitative estimate of drug-likeness (QED) is 0.769. The zero-order valence-electron chi connectivity index (χ0n) is 9.05. The molecule has 0 aliphatic carbocycles. The molecule has 0 bridgehead atoms. The fraction of sp³-hybridized carbons (Fsp3) is 0.600. The summed E-state index contributed by atoms with van der Waals surface area (Å²) in [7, 11) is 0. The van der Waals surface area contributed by atoms with Crippen LogP contribution < -0.4 is 5.73 Å². The van der Waals surface area contributed by atoms with E-state index < -0.39 is 5.97 Å². The standard InChI is InChI=1S/C10H17N3O2/c1-7(2)13-9(5-6-12-13)8(11)3-4-10(14)15/h5-8H,3-4,11H2,1-2H3,(H,14,15). The molecule has 0 saturated heterocycles. The molecular weight excluding hydrogens is 194 g/mol. The number of rotatable bonds is 5. The van der Waals surface area contributed by atoms with E-state index in [-0.39, 0.29) is 18.5 Å². The molecule has 5 nitrogen and oxygen atoms in total. The minimum Gasteiger partial charge on any atom is -0.481 e. The zero-order chi connectivity index (χ0) is 11.4. The van der Waals surface area contributed by atoms with Gasteiger partial charge in [0.2, 0.25) is 0 Å². The molecule has 0 radical (unpaired) electrons. The molecule has 0 saturated carbocycles. The van der Waals surface area contributed by atoms with E-state index in [0.717, 1.165) is 5.69 Å². The van der Waals surface area contributed by atoms with Crippen LogP contribution in [0.15, 0.2) is 12.3 Å². The molecule has 0 amide bonds. The third-order valence-corrected chi connectivity index (χ3v) is 2.24. The van der Waals surface area contributed by atoms with Crippen molar-refractivity contribution >= 4 is 5.97 Å². The first-order chi connectivity index (χ1) is 7.02. The summed E-state index contributed by atoms with van der Waals surface area (Å²) in [6.45, 7) is 4.03. The van der Waals surface area contributed by atoms with E-state index >= 15 is 0 Å². The van der Waals surface area contributed by atoms with Crippen LogP contribution in [0.4, 0.5) is 0 Å². The van der Waals surface area contributed by atoms with Crippen molar-refractivity contribution in [3.63, 3.8) is 0 Å². The van der Waals surface area contributed by atoms with Gasteiger partial charge in [0.25, 0.3) is 0 Å². The van der Waals surface area contributed by atoms with E-state index in [2.05, 4.69) is 5.10 Å². The van der Waals surface area contributed by atoms with Crippen LogP contribution in [0.5, 0.6) is 0 Å². The van der Waals surface area contributed by atoms with Crippen LogP contribution in [0.3, 0.4) is 0 Å². The topological polar surface area (TPSA) is 81.1 Å². The minimum absolute atomic E-state index is 0.0877. The van der Waals surface area contributed by atoms with Gasteiger partial charge in [-0.25, -0.2) is 0 Å². The fourth-order valence-corrected chi connectivity index (χ4v) is 1.48. The van der Waals surface area contributed by atoms with Crippen molar-refractivity contribution in [3.8, 4) is 0 Å². The van der Waals surface area contributed by atoms with E-state index in [1.807, 2.05) is 24.6 Å². The molecule has 1 heterocycles. The number of aromatic nitrogens is 2. The lowest BCUT2D eigenvalue weighted by atomic mass is 10.1. The molecule has 1 aromatic rings.